The first-order valence-corrected chi connectivity index (χ1v) is 36.3. The molecule has 5 radical (unpaired) electrons. The van der Waals surface area contributed by atoms with Crippen LogP contribution >= 0.6 is 0 Å². The van der Waals surface area contributed by atoms with Gasteiger partial charge in [-0.05, 0) is 204 Å². The molecular weight excluding hydrogens is 2310 g/mol. The van der Waals surface area contributed by atoms with E-state index in [0.29, 0.717) is 22.3 Å². The van der Waals surface area contributed by atoms with Gasteiger partial charge in [-0.15, -0.1) is 124 Å². The Bertz CT molecular complexity index is 6120. The Morgan fingerprint density at radius 2 is 0.842 bits per heavy atom. The molecule has 19 rings (SSSR count). The van der Waals surface area contributed by atoms with Gasteiger partial charge in [-0.3, -0.25) is 0 Å². The zero-order chi connectivity index (χ0) is 76.0. The van der Waals surface area contributed by atoms with Crippen molar-refractivity contribution in [2.45, 2.75) is 85.5 Å². The number of nitrogens with zero attached hydrogens (tertiary/aromatic N) is 6. The van der Waals surface area contributed by atoms with Crippen molar-refractivity contribution in [3.63, 3.8) is 0 Å². The third-order valence-electron chi connectivity index (χ3n) is 21.5. The van der Waals surface area contributed by atoms with E-state index in [2.05, 4.69) is 201 Å². The Hall–Kier alpha value is -9.35. The number of anilines is 3. The maximum atomic E-state index is 14.8. The van der Waals surface area contributed by atoms with E-state index in [-0.39, 0.29) is 129 Å². The third-order valence-corrected chi connectivity index (χ3v) is 21.5. The molecule has 16 aromatic rings. The van der Waals surface area contributed by atoms with Crippen molar-refractivity contribution in [1.29, 1.82) is 0 Å². The first kappa shape index (κ1) is 87.0. The normalized spacial score (nSPS) is 12.6. The predicted octanol–water partition coefficient (Wildman–Crippen LogP) is 24.4. The molecule has 114 heavy (non-hydrogen) atoms. The van der Waals surface area contributed by atoms with Gasteiger partial charge in [0.05, 0.1) is 14.2 Å². The van der Waals surface area contributed by atoms with Gasteiger partial charge in [-0.2, -0.15) is 0 Å². The zero-order valence-corrected chi connectivity index (χ0v) is 76.5. The second-order valence-electron chi connectivity index (χ2n) is 29.2. The van der Waals surface area contributed by atoms with E-state index >= 15 is 0 Å². The molecule has 0 saturated carbocycles. The number of ether oxygens (including phenoxy) is 2. The fourth-order valence-electron chi connectivity index (χ4n) is 15.7. The van der Waals surface area contributed by atoms with Crippen LogP contribution in [0.15, 0.2) is 255 Å². The summed E-state index contributed by atoms with van der Waals surface area (Å²) in [7, 11) is 3.34. The van der Waals surface area contributed by atoms with Crippen molar-refractivity contribution < 1.29 is 123 Å². The predicted molar refractivity (Wildman–Crippen MR) is 436 cm³/mol. The number of methoxy groups -OCH3 is 2. The van der Waals surface area contributed by atoms with Gasteiger partial charge in [-0.25, -0.2) is 13.2 Å². The number of hydrogen-bond donors (Lipinski definition) is 0. The Labute approximate surface area is 732 Å². The molecule has 0 N–H and O–H groups in total. The van der Waals surface area contributed by atoms with Crippen molar-refractivity contribution in [1.82, 2.24) is 24.9 Å². The quantitative estimate of drug-likeness (QED) is 0.146. The molecule has 16 heteroatoms. The van der Waals surface area contributed by atoms with E-state index in [1.54, 1.807) is 64.1 Å². The van der Waals surface area contributed by atoms with E-state index in [1.807, 2.05) is 121 Å². The van der Waals surface area contributed by atoms with Crippen molar-refractivity contribution in [3.8, 4) is 67.8 Å². The summed E-state index contributed by atoms with van der Waals surface area (Å²) >= 11 is 0. The van der Waals surface area contributed by atoms with Crippen LogP contribution in [-0.4, -0.2) is 39.1 Å². The summed E-state index contributed by atoms with van der Waals surface area (Å²) in [6.07, 6.45) is 9.09. The molecule has 0 spiro atoms. The van der Waals surface area contributed by atoms with Gasteiger partial charge >= 0.3 is 0 Å². The molecule has 0 aliphatic heterocycles. The molecule has 0 unspecified atom stereocenters. The SMILES string of the molecule is CC1(C)c2c([c-]ccc2F)-c2nccc3cccc1c23.COc1ccc(N(c2ccc(OC)cc2)c2cc[c-]c(-c3ccccn3)c2)cc1.Cc1c[c-]c2c(c1F)C(C)(C)c1cccc3ccnc-2c13.Cc1ccc2c3c(nccc13)-c1[c-]ccc(F)c1C2(C)C.Cc1cnc(-c2[c-]ccc3ccccc23)cc1C.[Ir].[Ir].[Ir].[Ir].[Ir]. The molecule has 8 nitrogen and oxygen atoms in total. The minimum absolute atomic E-state index is 0. The Balaban J connectivity index is 0.000000150. The second-order valence-corrected chi connectivity index (χ2v) is 29.2. The smallest absolute Gasteiger partial charge is 0.119 e. The van der Waals surface area contributed by atoms with Crippen LogP contribution in [0.5, 0.6) is 11.5 Å². The number of pyridine rings is 5. The average molecular weight is 2390 g/mol. The summed E-state index contributed by atoms with van der Waals surface area (Å²) in [6.45, 7) is 20.5. The topological polar surface area (TPSA) is 86.2 Å². The van der Waals surface area contributed by atoms with E-state index in [9.17, 15) is 13.2 Å². The largest absolute Gasteiger partial charge is 0.497 e. The van der Waals surface area contributed by atoms with E-state index in [1.165, 1.54) is 45.0 Å². The van der Waals surface area contributed by atoms with E-state index in [0.717, 1.165) is 128 Å². The number of aryl methyl sites for hydroxylation is 4. The molecule has 0 bridgehead atoms. The average Bonchev–Trinajstić information content (AvgIpc) is 0.724. The first-order valence-electron chi connectivity index (χ1n) is 36.3. The third kappa shape index (κ3) is 16.4. The molecule has 5 heterocycles. The van der Waals surface area contributed by atoms with Gasteiger partial charge < -0.3 is 39.3 Å². The Morgan fingerprint density at radius 1 is 0.351 bits per heavy atom. The van der Waals surface area contributed by atoms with Gasteiger partial charge in [-0.1, -0.05) is 173 Å². The van der Waals surface area contributed by atoms with Gasteiger partial charge in [0.2, 0.25) is 0 Å². The van der Waals surface area contributed by atoms with Gasteiger partial charge in [0.15, 0.2) is 0 Å². The fraction of sp³-hybridized carbons (Fsp3) is 0.153. The van der Waals surface area contributed by atoms with Gasteiger partial charge in [0.25, 0.3) is 0 Å². The van der Waals surface area contributed by atoms with Crippen LogP contribution in [0.2, 0.25) is 0 Å². The molecule has 0 saturated heterocycles. The number of rotatable bonds is 7. The first-order chi connectivity index (χ1) is 52.7. The molecule has 11 aromatic carbocycles. The zero-order valence-electron chi connectivity index (χ0n) is 64.5. The maximum absolute atomic E-state index is 14.8. The molecule has 583 valence electrons. The van der Waals surface area contributed by atoms with Gasteiger partial charge in [0, 0.05) is 160 Å². The molecule has 0 fully saturated rings. The summed E-state index contributed by atoms with van der Waals surface area (Å²) in [6, 6.07) is 89.3. The van der Waals surface area contributed by atoms with Crippen LogP contribution in [0, 0.1) is 75.5 Å². The standard InChI is InChI=1S/C25H21N2O2.2C19H15FN.C18H13FN.C17H14N.5Ir/c1-28-23-13-9-20(10-14-23)27(21-11-15-24(29-2)16-12-21)22-7-5-6-19(18-22)25-8-3-4-17-26-25;1-11-7-8-14-16-12(11)9-10-21-18(16)13-5-4-6-15(20)17(13)19(14,2)3;1-11-7-8-13-16(17(11)20)19(2,3)14-6-4-5-12-9-10-21-18(13)15(12)14;1-18(2)13-7-3-5-11-9-10-20-17(15(11)13)12-6-4-8-14(19)16(12)18;1-12-10-17(18-11-13(12)2)16-9-5-7-14-6-3-4-8-15(14)16;;;;;/h3-5,7-18H,1-2H3;4,6-10H,1-3H3;4-7,9-10H,1-3H3;3-5,7-10H,1-2H3;3-8,10-11H,1-2H3;;;;;/q5*-1;;;;;. The van der Waals surface area contributed by atoms with Crippen LogP contribution in [0.25, 0.3) is 99.4 Å². The van der Waals surface area contributed by atoms with Crippen LogP contribution in [0.3, 0.4) is 0 Å². The van der Waals surface area contributed by atoms with Crippen molar-refractivity contribution >= 4 is 60.2 Å². The number of hydrogen-bond acceptors (Lipinski definition) is 8. The number of aromatic nitrogens is 5. The summed E-state index contributed by atoms with van der Waals surface area (Å²) < 4.78 is 54.3. The summed E-state index contributed by atoms with van der Waals surface area (Å²) in [5, 5.41) is 9.29. The summed E-state index contributed by atoms with van der Waals surface area (Å²) in [4.78, 5) is 24.7. The van der Waals surface area contributed by atoms with Crippen molar-refractivity contribution in [2.24, 2.45) is 0 Å². The summed E-state index contributed by atoms with van der Waals surface area (Å²) in [5.41, 5.74) is 20.5. The van der Waals surface area contributed by atoms with E-state index in [4.69, 9.17) is 9.47 Å². The van der Waals surface area contributed by atoms with E-state index < -0.39 is 5.41 Å². The van der Waals surface area contributed by atoms with Crippen LogP contribution in [0.4, 0.5) is 30.2 Å². The Morgan fingerprint density at radius 3 is 1.39 bits per heavy atom. The molecule has 5 aromatic heterocycles. The van der Waals surface area contributed by atoms with Gasteiger partial charge in [0.1, 0.15) is 11.5 Å². The molecule has 0 amide bonds. The van der Waals surface area contributed by atoms with Crippen molar-refractivity contribution in [3.05, 3.63) is 359 Å². The molecule has 3 aliphatic carbocycles. The minimum atomic E-state index is -0.391. The fourth-order valence-corrected chi connectivity index (χ4v) is 15.7. The van der Waals surface area contributed by atoms with Crippen LogP contribution in [0.1, 0.15) is 97.2 Å². The molecular formula is C98H78F3Ir5N6O2-5. The minimum Gasteiger partial charge on any atom is -0.497 e. The molecule has 3 aliphatic rings. The second kappa shape index (κ2) is 36.2. The van der Waals surface area contributed by atoms with Crippen molar-refractivity contribution in [2.75, 3.05) is 19.1 Å². The maximum Gasteiger partial charge on any atom is 0.119 e. The molecule has 0 atom stereocenters. The Kier molecular flexibility index (Phi) is 27.7. The summed E-state index contributed by atoms with van der Waals surface area (Å²) in [5.74, 6) is 1.14. The van der Waals surface area contributed by atoms with Crippen LogP contribution < -0.4 is 14.4 Å². The van der Waals surface area contributed by atoms with Crippen LogP contribution in [-0.2, 0) is 117 Å². The number of halogens is 3. The monoisotopic (exact) mass is 2390 g/mol. The number of fused-ring (bicyclic) bond motifs is 7. The number of benzene rings is 11.